The highest BCUT2D eigenvalue weighted by molar-refractivity contribution is 7.85. The second kappa shape index (κ2) is 13.4. The number of aryl methyl sites for hydroxylation is 2. The van der Waals surface area contributed by atoms with Crippen LogP contribution in [0.5, 0.6) is 0 Å². The van der Waals surface area contributed by atoms with Gasteiger partial charge in [-0.1, -0.05) is 26.7 Å². The van der Waals surface area contributed by atoms with Crippen LogP contribution in [-0.2, 0) is 37.2 Å². The Hall–Kier alpha value is -0.770. The van der Waals surface area contributed by atoms with Gasteiger partial charge in [-0.25, -0.2) is 9.55 Å². The maximum Gasteiger partial charge on any atom is 0.472 e. The van der Waals surface area contributed by atoms with Gasteiger partial charge in [0.2, 0.25) is 0 Å². The Labute approximate surface area is 156 Å². The lowest BCUT2D eigenvalue weighted by atomic mass is 10.3. The lowest BCUT2D eigenvalue weighted by molar-refractivity contribution is 0.146. The third-order valence-electron chi connectivity index (χ3n) is 3.23. The molecule has 0 spiro atoms. The van der Waals surface area contributed by atoms with Crippen LogP contribution in [0.1, 0.15) is 51.8 Å². The Morgan fingerprint density at radius 3 is 2.08 bits per heavy atom. The summed E-state index contributed by atoms with van der Waals surface area (Å²) in [5.74, 6) is 0.614. The second-order valence-corrected chi connectivity index (χ2v) is 8.71. The van der Waals surface area contributed by atoms with Crippen molar-refractivity contribution in [3.8, 4) is 0 Å². The summed E-state index contributed by atoms with van der Waals surface area (Å²) >= 11 is 0. The average molecular weight is 414 g/mol. The van der Waals surface area contributed by atoms with Crippen LogP contribution >= 0.6 is 7.82 Å². The first kappa shape index (κ1) is 25.2. The molecule has 0 aliphatic carbocycles. The summed E-state index contributed by atoms with van der Waals surface area (Å²) in [6.07, 6.45) is 7.84. The van der Waals surface area contributed by atoms with E-state index in [9.17, 15) is 13.0 Å². The van der Waals surface area contributed by atoms with Gasteiger partial charge >= 0.3 is 7.82 Å². The zero-order chi connectivity index (χ0) is 20.1. The number of imidazole rings is 1. The number of hydrogen-bond donors (Lipinski definition) is 2. The largest absolute Gasteiger partial charge is 0.472 e. The fraction of sp³-hybridized carbons (Fsp3) is 0.800. The first-order chi connectivity index (χ1) is 12.1. The lowest BCUT2D eigenvalue weighted by Gasteiger charge is -2.10. The van der Waals surface area contributed by atoms with E-state index in [-0.39, 0.29) is 19.0 Å². The van der Waals surface area contributed by atoms with E-state index in [1.54, 1.807) is 12.4 Å². The Morgan fingerprint density at radius 2 is 1.69 bits per heavy atom. The van der Waals surface area contributed by atoms with Crippen molar-refractivity contribution in [2.45, 2.75) is 52.4 Å². The van der Waals surface area contributed by atoms with Gasteiger partial charge < -0.3 is 9.46 Å². The van der Waals surface area contributed by atoms with Gasteiger partial charge in [0.05, 0.1) is 19.0 Å². The first-order valence-corrected chi connectivity index (χ1v) is 11.7. The van der Waals surface area contributed by atoms with Crippen LogP contribution < -0.4 is 0 Å². The van der Waals surface area contributed by atoms with Crippen LogP contribution in [-0.4, -0.2) is 46.4 Å². The molecule has 0 saturated carbocycles. The van der Waals surface area contributed by atoms with Crippen molar-refractivity contribution in [3.05, 3.63) is 18.2 Å². The summed E-state index contributed by atoms with van der Waals surface area (Å²) in [7, 11) is -5.74. The summed E-state index contributed by atoms with van der Waals surface area (Å²) in [5, 5.41) is 0. The zero-order valence-corrected chi connectivity index (χ0v) is 17.4. The Bertz CT molecular complexity index is 620. The molecule has 154 valence electrons. The van der Waals surface area contributed by atoms with Crippen LogP contribution in [0.15, 0.2) is 12.4 Å². The highest BCUT2D eigenvalue weighted by Crippen LogP contribution is 2.43. The van der Waals surface area contributed by atoms with Crippen molar-refractivity contribution >= 4 is 17.9 Å². The molecule has 9 nitrogen and oxygen atoms in total. The van der Waals surface area contributed by atoms with Gasteiger partial charge in [-0.3, -0.25) is 13.6 Å². The van der Waals surface area contributed by atoms with E-state index in [0.717, 1.165) is 31.5 Å². The predicted molar refractivity (Wildman–Crippen MR) is 99.5 cm³/mol. The molecule has 2 N–H and O–H groups in total. The molecule has 0 atom stereocenters. The highest BCUT2D eigenvalue weighted by atomic mass is 32.2. The fourth-order valence-corrected chi connectivity index (χ4v) is 3.04. The van der Waals surface area contributed by atoms with Crippen LogP contribution in [0.25, 0.3) is 0 Å². The van der Waals surface area contributed by atoms with Crippen LogP contribution in [0.4, 0.5) is 0 Å². The van der Waals surface area contributed by atoms with E-state index in [2.05, 4.69) is 4.98 Å². The topological polar surface area (TPSA) is 128 Å². The molecule has 0 amide bonds. The molecule has 1 heterocycles. The van der Waals surface area contributed by atoms with Crippen molar-refractivity contribution in [2.24, 2.45) is 7.05 Å². The maximum atomic E-state index is 11.1. The predicted octanol–water partition coefficient (Wildman–Crippen LogP) is 2.96. The maximum absolute atomic E-state index is 11.1. The summed E-state index contributed by atoms with van der Waals surface area (Å²) in [5.41, 5.74) is 0. The fourth-order valence-electron chi connectivity index (χ4n) is 1.74. The zero-order valence-electron chi connectivity index (χ0n) is 15.7. The van der Waals surface area contributed by atoms with Crippen LogP contribution in [0.2, 0.25) is 0 Å². The standard InChI is InChI=1S/C8H19O4P.C7H12N2O3S/c1-3-5-7-11-13(9,10)12-8-6-4-2;1-9-5-4-8-7(9)3-2-6-13(10,11)12/h3-8H2,1-2H3,(H,9,10);4-5H,2-3,6H2,1H3,(H,10,11,12). The van der Waals surface area contributed by atoms with Gasteiger partial charge in [0.1, 0.15) is 5.82 Å². The minimum Gasteiger partial charge on any atom is -0.338 e. The third-order valence-corrected chi connectivity index (χ3v) is 5.05. The van der Waals surface area contributed by atoms with E-state index < -0.39 is 17.9 Å². The molecule has 0 aliphatic rings. The lowest BCUT2D eigenvalue weighted by Crippen LogP contribution is -2.06. The van der Waals surface area contributed by atoms with Gasteiger partial charge in [-0.2, -0.15) is 8.42 Å². The van der Waals surface area contributed by atoms with Gasteiger partial charge in [0.15, 0.2) is 0 Å². The number of phosphoric ester groups is 1. The molecule has 11 heteroatoms. The van der Waals surface area contributed by atoms with E-state index in [1.165, 1.54) is 0 Å². The molecule has 1 rings (SSSR count). The van der Waals surface area contributed by atoms with Crippen molar-refractivity contribution < 1.29 is 31.5 Å². The van der Waals surface area contributed by atoms with E-state index in [1.807, 2.05) is 25.5 Å². The van der Waals surface area contributed by atoms with E-state index in [4.69, 9.17) is 18.5 Å². The minimum atomic E-state index is -3.83. The number of nitrogens with zero attached hydrogens (tertiary/aromatic N) is 2. The van der Waals surface area contributed by atoms with Gasteiger partial charge in [-0.15, -0.1) is 0 Å². The average Bonchev–Trinajstić information content (AvgIpc) is 2.92. The SMILES string of the molecule is CCCCOP(=O)(O)OCCCC.Cn1ccnc1CCCS(=O)(=O)O. The molecule has 1 aromatic heterocycles. The Balaban J connectivity index is 0.000000481. The molecule has 0 aromatic carbocycles. The van der Waals surface area contributed by atoms with Gasteiger partial charge in [0, 0.05) is 25.9 Å². The molecule has 26 heavy (non-hydrogen) atoms. The number of rotatable bonds is 12. The van der Waals surface area contributed by atoms with Gasteiger partial charge in [-0.05, 0) is 19.3 Å². The Morgan fingerprint density at radius 1 is 1.15 bits per heavy atom. The van der Waals surface area contributed by atoms with Crippen molar-refractivity contribution in [1.82, 2.24) is 9.55 Å². The summed E-state index contributed by atoms with van der Waals surface area (Å²) in [6, 6.07) is 0. The number of aromatic nitrogens is 2. The summed E-state index contributed by atoms with van der Waals surface area (Å²) in [6.45, 7) is 4.56. The van der Waals surface area contributed by atoms with E-state index in [0.29, 0.717) is 12.8 Å². The van der Waals surface area contributed by atoms with Crippen LogP contribution in [0.3, 0.4) is 0 Å². The van der Waals surface area contributed by atoms with Gasteiger partial charge in [0.25, 0.3) is 10.1 Å². The number of unbranched alkanes of at least 4 members (excludes halogenated alkanes) is 2. The molecule has 0 bridgehead atoms. The molecular weight excluding hydrogens is 383 g/mol. The summed E-state index contributed by atoms with van der Waals surface area (Å²) in [4.78, 5) is 13.1. The molecule has 0 unspecified atom stereocenters. The molecule has 0 radical (unpaired) electrons. The Kier molecular flexibility index (Phi) is 13.0. The quantitative estimate of drug-likeness (QED) is 0.303. The second-order valence-electron chi connectivity index (χ2n) is 5.69. The van der Waals surface area contributed by atoms with Crippen molar-refractivity contribution in [2.75, 3.05) is 19.0 Å². The monoisotopic (exact) mass is 414 g/mol. The van der Waals surface area contributed by atoms with Crippen molar-refractivity contribution in [1.29, 1.82) is 0 Å². The summed E-state index contributed by atoms with van der Waals surface area (Å²) < 4.78 is 51.5. The van der Waals surface area contributed by atoms with Crippen molar-refractivity contribution in [3.63, 3.8) is 0 Å². The first-order valence-electron chi connectivity index (χ1n) is 8.64. The molecule has 0 fully saturated rings. The smallest absolute Gasteiger partial charge is 0.338 e. The molecule has 0 aliphatic heterocycles. The molecule has 0 saturated heterocycles. The van der Waals surface area contributed by atoms with E-state index >= 15 is 0 Å². The normalized spacial score (nSPS) is 11.9. The molecule has 1 aromatic rings. The highest BCUT2D eigenvalue weighted by Gasteiger charge is 2.19. The van der Waals surface area contributed by atoms with Crippen LogP contribution in [0, 0.1) is 0 Å². The number of phosphoric acid groups is 1. The third kappa shape index (κ3) is 14.4. The minimum absolute atomic E-state index is 0.208. The number of hydrogen-bond acceptors (Lipinski definition) is 6. The molecular formula is C15H31N2O7PS.